The monoisotopic (exact) mass is 379 g/mol. The van der Waals surface area contributed by atoms with Crippen molar-refractivity contribution in [2.45, 2.75) is 42.5 Å². The number of likely N-dealkylation sites (tertiary alicyclic amines) is 1. The van der Waals surface area contributed by atoms with Gasteiger partial charge in [-0.15, -0.1) is 0 Å². The molecule has 0 saturated carbocycles. The lowest BCUT2D eigenvalue weighted by molar-refractivity contribution is -0.137. The van der Waals surface area contributed by atoms with Crippen LogP contribution in [-0.2, 0) is 16.0 Å². The van der Waals surface area contributed by atoms with Crippen LogP contribution in [-0.4, -0.2) is 42.4 Å². The first kappa shape index (κ1) is 19.6. The third-order valence-electron chi connectivity index (χ3n) is 4.91. The van der Waals surface area contributed by atoms with E-state index in [9.17, 15) is 26.4 Å². The van der Waals surface area contributed by atoms with Crippen LogP contribution in [0.2, 0.25) is 0 Å². The van der Waals surface area contributed by atoms with Gasteiger partial charge in [-0.3, -0.25) is 0 Å². The van der Waals surface area contributed by atoms with Gasteiger partial charge < -0.3 is 10.0 Å². The number of halogens is 3. The van der Waals surface area contributed by atoms with E-state index in [4.69, 9.17) is 5.11 Å². The molecule has 1 fully saturated rings. The molecule has 9 heteroatoms. The summed E-state index contributed by atoms with van der Waals surface area (Å²) < 4.78 is 63.2. The Morgan fingerprint density at radius 3 is 2.24 bits per heavy atom. The van der Waals surface area contributed by atoms with Crippen LogP contribution < -0.4 is 0 Å². The number of carboxylic acid groups (broad SMARTS) is 1. The summed E-state index contributed by atoms with van der Waals surface area (Å²) in [5.74, 6) is -0.345. The maximum atomic E-state index is 13.0. The Balaban J connectivity index is 2.31. The van der Waals surface area contributed by atoms with Crippen molar-refractivity contribution in [2.75, 3.05) is 13.1 Å². The quantitative estimate of drug-likeness (QED) is 0.870. The van der Waals surface area contributed by atoms with Crippen LogP contribution in [0, 0.1) is 5.92 Å². The maximum Gasteiger partial charge on any atom is 0.416 e. The van der Waals surface area contributed by atoms with Gasteiger partial charge in [0.05, 0.1) is 15.2 Å². The molecule has 0 bridgehead atoms. The van der Waals surface area contributed by atoms with E-state index in [1.165, 1.54) is 24.8 Å². The number of benzene rings is 1. The highest BCUT2D eigenvalue weighted by Crippen LogP contribution is 2.39. The molecule has 0 atom stereocenters. The van der Waals surface area contributed by atoms with E-state index in [0.717, 1.165) is 12.1 Å². The predicted octanol–water partition coefficient (Wildman–Crippen LogP) is 3.65. The van der Waals surface area contributed by atoms with Gasteiger partial charge in [0.1, 0.15) is 0 Å². The van der Waals surface area contributed by atoms with Gasteiger partial charge in [0.25, 0.3) is 0 Å². The molecule has 0 radical (unpaired) electrons. The average molecular weight is 379 g/mol. The van der Waals surface area contributed by atoms with Crippen molar-refractivity contribution >= 4 is 15.9 Å². The zero-order chi connectivity index (χ0) is 19.0. The van der Waals surface area contributed by atoms with Crippen molar-refractivity contribution in [3.05, 3.63) is 29.8 Å². The molecule has 25 heavy (non-hydrogen) atoms. The summed E-state index contributed by atoms with van der Waals surface area (Å²) in [4.78, 5) is 11.8. The molecule has 0 spiro atoms. The summed E-state index contributed by atoms with van der Waals surface area (Å²) in [7, 11) is -4.02. The van der Waals surface area contributed by atoms with Crippen LogP contribution in [0.5, 0.6) is 0 Å². The largest absolute Gasteiger partial charge is 0.465 e. The van der Waals surface area contributed by atoms with Gasteiger partial charge in [-0.1, -0.05) is 6.07 Å². The number of amides is 1. The van der Waals surface area contributed by atoms with E-state index in [0.29, 0.717) is 18.9 Å². The van der Waals surface area contributed by atoms with Gasteiger partial charge in [0, 0.05) is 13.1 Å². The van der Waals surface area contributed by atoms with Crippen molar-refractivity contribution in [2.24, 2.45) is 5.92 Å². The molecule has 1 aliphatic heterocycles. The highest BCUT2D eigenvalue weighted by atomic mass is 32.2. The fourth-order valence-electron chi connectivity index (χ4n) is 3.13. The first-order valence-electron chi connectivity index (χ1n) is 7.77. The zero-order valence-corrected chi connectivity index (χ0v) is 14.7. The standard InChI is InChI=1S/C16H20F3NO4S/c1-15(2,11-6-8-20(9-7-11)14(21)22)25(23,24)13-5-3-4-12(10-13)16(17,18)19/h3-5,10-11H,6-9H2,1-2H3,(H,21,22). The summed E-state index contributed by atoms with van der Waals surface area (Å²) in [6.07, 6.45) is -4.99. The van der Waals surface area contributed by atoms with Crippen LogP contribution >= 0.6 is 0 Å². The number of sulfone groups is 1. The van der Waals surface area contributed by atoms with E-state index in [1.807, 2.05) is 0 Å². The van der Waals surface area contributed by atoms with Crippen molar-refractivity contribution in [3.63, 3.8) is 0 Å². The molecule has 140 valence electrons. The van der Waals surface area contributed by atoms with E-state index >= 15 is 0 Å². The molecule has 1 aromatic rings. The lowest BCUT2D eigenvalue weighted by atomic mass is 9.86. The van der Waals surface area contributed by atoms with Gasteiger partial charge in [0.2, 0.25) is 0 Å². The number of hydrogen-bond donors (Lipinski definition) is 1. The lowest BCUT2D eigenvalue weighted by Crippen LogP contribution is -2.47. The molecule has 5 nitrogen and oxygen atoms in total. The molecule has 1 heterocycles. The molecule has 1 N–H and O–H groups in total. The first-order chi connectivity index (χ1) is 11.4. The topological polar surface area (TPSA) is 74.7 Å². The predicted molar refractivity (Wildman–Crippen MR) is 85.0 cm³/mol. The maximum absolute atomic E-state index is 13.0. The van der Waals surface area contributed by atoms with Crippen LogP contribution in [0.1, 0.15) is 32.3 Å². The Morgan fingerprint density at radius 1 is 1.20 bits per heavy atom. The molecule has 0 unspecified atom stereocenters. The normalized spacial score (nSPS) is 17.6. The van der Waals surface area contributed by atoms with E-state index < -0.39 is 32.4 Å². The highest BCUT2D eigenvalue weighted by molar-refractivity contribution is 7.92. The minimum absolute atomic E-state index is 0.210. The Hall–Kier alpha value is -1.77. The van der Waals surface area contributed by atoms with Gasteiger partial charge in [-0.2, -0.15) is 13.2 Å². The van der Waals surface area contributed by atoms with Crippen LogP contribution in [0.15, 0.2) is 29.2 Å². The van der Waals surface area contributed by atoms with Crippen LogP contribution in [0.4, 0.5) is 18.0 Å². The Kier molecular flexibility index (Phi) is 5.09. The fraction of sp³-hybridized carbons (Fsp3) is 0.562. The third-order valence-corrected chi connectivity index (χ3v) is 7.51. The minimum Gasteiger partial charge on any atom is -0.465 e. The summed E-state index contributed by atoms with van der Waals surface area (Å²) in [5.41, 5.74) is -1.01. The highest BCUT2D eigenvalue weighted by Gasteiger charge is 2.44. The number of carbonyl (C=O) groups is 1. The molecule has 1 saturated heterocycles. The lowest BCUT2D eigenvalue weighted by Gasteiger charge is -2.39. The summed E-state index contributed by atoms with van der Waals surface area (Å²) in [6, 6.07) is 3.73. The number of alkyl halides is 3. The molecular weight excluding hydrogens is 359 g/mol. The molecule has 1 amide bonds. The molecule has 1 aromatic carbocycles. The van der Waals surface area contributed by atoms with Gasteiger partial charge >= 0.3 is 12.3 Å². The first-order valence-corrected chi connectivity index (χ1v) is 9.25. The fourth-order valence-corrected chi connectivity index (χ4v) is 4.95. The van der Waals surface area contributed by atoms with Gasteiger partial charge in [0.15, 0.2) is 9.84 Å². The third kappa shape index (κ3) is 3.75. The number of rotatable bonds is 3. The number of piperidine rings is 1. The van der Waals surface area contributed by atoms with E-state index in [-0.39, 0.29) is 23.9 Å². The van der Waals surface area contributed by atoms with E-state index in [2.05, 4.69) is 0 Å². The van der Waals surface area contributed by atoms with Gasteiger partial charge in [-0.25, -0.2) is 13.2 Å². The Labute approximate surface area is 144 Å². The van der Waals surface area contributed by atoms with Gasteiger partial charge in [-0.05, 0) is 50.8 Å². The second-order valence-corrected chi connectivity index (χ2v) is 9.21. The number of nitrogens with zero attached hydrogens (tertiary/aromatic N) is 1. The summed E-state index contributed by atoms with van der Waals surface area (Å²) >= 11 is 0. The molecule has 0 aromatic heterocycles. The van der Waals surface area contributed by atoms with Crippen molar-refractivity contribution in [1.82, 2.24) is 4.90 Å². The van der Waals surface area contributed by atoms with Crippen molar-refractivity contribution < 1.29 is 31.5 Å². The Morgan fingerprint density at radius 2 is 1.76 bits per heavy atom. The van der Waals surface area contributed by atoms with Crippen molar-refractivity contribution in [3.8, 4) is 0 Å². The second kappa shape index (κ2) is 6.51. The smallest absolute Gasteiger partial charge is 0.416 e. The molecular formula is C16H20F3NO4S. The second-order valence-electron chi connectivity index (χ2n) is 6.68. The summed E-state index contributed by atoms with van der Waals surface area (Å²) in [6.45, 7) is 3.40. The summed E-state index contributed by atoms with van der Waals surface area (Å²) in [5, 5.41) is 8.97. The zero-order valence-electron chi connectivity index (χ0n) is 13.9. The van der Waals surface area contributed by atoms with Crippen LogP contribution in [0.25, 0.3) is 0 Å². The average Bonchev–Trinajstić information content (AvgIpc) is 2.54. The SMILES string of the molecule is CC(C)(C1CCN(C(=O)O)CC1)S(=O)(=O)c1cccc(C(F)(F)F)c1. The molecule has 1 aliphatic rings. The van der Waals surface area contributed by atoms with E-state index in [1.54, 1.807) is 0 Å². The minimum atomic E-state index is -4.62. The molecule has 0 aliphatic carbocycles. The molecule has 2 rings (SSSR count). The Bertz CT molecular complexity index is 751. The van der Waals surface area contributed by atoms with Crippen molar-refractivity contribution in [1.29, 1.82) is 0 Å². The number of hydrogen-bond acceptors (Lipinski definition) is 3. The van der Waals surface area contributed by atoms with Crippen LogP contribution in [0.3, 0.4) is 0 Å².